The summed E-state index contributed by atoms with van der Waals surface area (Å²) in [6.07, 6.45) is 9.18. The summed E-state index contributed by atoms with van der Waals surface area (Å²) < 4.78 is 0. The van der Waals surface area contributed by atoms with Gasteiger partial charge < -0.3 is 26.2 Å². The van der Waals surface area contributed by atoms with E-state index in [1.807, 2.05) is 36.5 Å². The van der Waals surface area contributed by atoms with E-state index in [0.29, 0.717) is 23.7 Å². The Kier molecular flexibility index (Phi) is 12.0. The summed E-state index contributed by atoms with van der Waals surface area (Å²) in [6.45, 7) is 7.10. The highest BCUT2D eigenvalue weighted by Crippen LogP contribution is 2.35. The van der Waals surface area contributed by atoms with Crippen molar-refractivity contribution >= 4 is 59.4 Å². The molecule has 7 rings (SSSR count). The number of amides is 2. The Morgan fingerprint density at radius 1 is 0.960 bits per heavy atom. The summed E-state index contributed by atoms with van der Waals surface area (Å²) in [6, 6.07) is 21.5. The van der Waals surface area contributed by atoms with Crippen LogP contribution in [-0.2, 0) is 6.42 Å². The first-order chi connectivity index (χ1) is 24.2. The van der Waals surface area contributed by atoms with Crippen molar-refractivity contribution < 1.29 is 4.79 Å². The minimum Gasteiger partial charge on any atom is -0.383 e. The number of fused-ring (bicyclic) bond motifs is 1. The van der Waals surface area contributed by atoms with Gasteiger partial charge in [-0.2, -0.15) is 0 Å². The minimum atomic E-state index is -0.339. The summed E-state index contributed by atoms with van der Waals surface area (Å²) in [5.74, 6) is 1.16. The Bertz CT molecular complexity index is 1740. The van der Waals surface area contributed by atoms with Gasteiger partial charge in [0, 0.05) is 55.3 Å². The molecule has 2 fully saturated rings. The number of anilines is 2. The van der Waals surface area contributed by atoms with Crippen molar-refractivity contribution in [1.82, 2.24) is 30.1 Å². The van der Waals surface area contributed by atoms with Crippen molar-refractivity contribution in [2.45, 2.75) is 56.9 Å². The lowest BCUT2D eigenvalue weighted by atomic mass is 9.46. The second-order valence-corrected chi connectivity index (χ2v) is 14.2. The molecule has 4 aromatic rings. The van der Waals surface area contributed by atoms with E-state index in [1.54, 1.807) is 18.5 Å². The molecule has 0 spiro atoms. The number of likely N-dealkylation sites (N-methyl/N-ethyl adjacent to an activating group) is 1. The molecule has 4 N–H and O–H groups in total. The summed E-state index contributed by atoms with van der Waals surface area (Å²) in [7, 11) is 2.22. The van der Waals surface area contributed by atoms with E-state index < -0.39 is 0 Å². The second-order valence-electron chi connectivity index (χ2n) is 13.4. The molecule has 1 unspecified atom stereocenters. The molecule has 50 heavy (non-hydrogen) atoms. The number of carbonyl (C=O) groups excluding carboxylic acids is 1. The van der Waals surface area contributed by atoms with E-state index >= 15 is 0 Å². The molecule has 10 nitrogen and oxygen atoms in total. The number of hydrogen-bond acceptors (Lipinski definition) is 8. The molecular weight excluding hydrogens is 668 g/mol. The summed E-state index contributed by atoms with van der Waals surface area (Å²) >= 11 is 11.8. The smallest absolute Gasteiger partial charge is 0.335 e. The maximum Gasteiger partial charge on any atom is 0.335 e. The Balaban J connectivity index is 0.000000175. The van der Waals surface area contributed by atoms with Gasteiger partial charge in [0.15, 0.2) is 0 Å². The number of nitrogens with one attached hydrogen (secondary N) is 2. The van der Waals surface area contributed by atoms with Gasteiger partial charge in [0.25, 0.3) is 0 Å². The fraction of sp³-hybridized carbons (Fsp3) is 0.378. The van der Waals surface area contributed by atoms with Gasteiger partial charge in [-0.15, -0.1) is 0 Å². The number of hydrogen-bond donors (Lipinski definition) is 3. The molecule has 2 amide bonds. The lowest BCUT2D eigenvalue weighted by molar-refractivity contribution is 0.0912. The minimum absolute atomic E-state index is 0.179. The highest BCUT2D eigenvalue weighted by Gasteiger charge is 2.38. The average Bonchev–Trinajstić information content (AvgIpc) is 3.55. The predicted molar refractivity (Wildman–Crippen MR) is 205 cm³/mol. The lowest BCUT2D eigenvalue weighted by Gasteiger charge is -2.41. The SMILES string of the molecule is CN1CCN(C2CCC(B3N=Cc4c(N)ncnc43)CC2)CC1.Cc1ccc(CC(NC(=O)Nc2cc(Cl)nc(Cl)c2)c2ccccc2)cc1. The van der Waals surface area contributed by atoms with E-state index in [4.69, 9.17) is 33.8 Å². The number of urea groups is 1. The van der Waals surface area contributed by atoms with Crippen molar-refractivity contribution in [1.29, 1.82) is 0 Å². The molecule has 1 atom stereocenters. The molecule has 2 aliphatic heterocycles. The molecule has 4 heterocycles. The van der Waals surface area contributed by atoms with Gasteiger partial charge in [-0.1, -0.05) is 96.2 Å². The van der Waals surface area contributed by atoms with Gasteiger partial charge in [0.05, 0.1) is 6.04 Å². The number of pyridine rings is 1. The van der Waals surface area contributed by atoms with Gasteiger partial charge in [-0.3, -0.25) is 4.90 Å². The van der Waals surface area contributed by atoms with E-state index in [1.165, 1.54) is 57.4 Å². The molecule has 2 aromatic carbocycles. The standard InChI is InChI=1S/C21H19Cl2N3O.C16H25BN6/c1-14-7-9-15(10-8-14)11-18(16-5-3-2-4-6-16)25-21(27)24-17-12-19(22)26-20(23)13-17;1-22-6-8-23(9-7-22)13-4-2-12(3-5-13)17-15-14(10-21-17)16(18)20-11-19-15/h2-10,12-13,18H,11H2,1H3,(H2,24,25,26,27);10-13H,2-9H2,1H3,(H2,18,19,20). The number of nitrogens with two attached hydrogens (primary N) is 1. The number of nitrogen functional groups attached to an aromatic ring is 1. The molecule has 0 radical (unpaired) electrons. The van der Waals surface area contributed by atoms with Crippen molar-refractivity contribution in [3.8, 4) is 0 Å². The highest BCUT2D eigenvalue weighted by atomic mass is 35.5. The van der Waals surface area contributed by atoms with E-state index in [2.05, 4.69) is 73.6 Å². The summed E-state index contributed by atoms with van der Waals surface area (Å²) in [4.78, 5) is 34.8. The van der Waals surface area contributed by atoms with Gasteiger partial charge in [0.2, 0.25) is 0 Å². The number of halogens is 2. The fourth-order valence-corrected chi connectivity index (χ4v) is 7.55. The number of aromatic nitrogens is 3. The number of piperazine rings is 1. The van der Waals surface area contributed by atoms with Crippen LogP contribution in [0, 0.1) is 6.92 Å². The molecule has 260 valence electrons. The number of rotatable bonds is 7. The highest BCUT2D eigenvalue weighted by molar-refractivity contribution is 6.76. The van der Waals surface area contributed by atoms with Crippen molar-refractivity contribution in [3.63, 3.8) is 0 Å². The zero-order valence-electron chi connectivity index (χ0n) is 28.6. The Morgan fingerprint density at radius 3 is 2.32 bits per heavy atom. The van der Waals surface area contributed by atoms with Gasteiger partial charge >= 0.3 is 12.9 Å². The Morgan fingerprint density at radius 2 is 1.64 bits per heavy atom. The van der Waals surface area contributed by atoms with Gasteiger partial charge in [-0.05, 0) is 62.3 Å². The molecule has 0 bridgehead atoms. The van der Waals surface area contributed by atoms with Crippen molar-refractivity contribution in [2.75, 3.05) is 44.3 Å². The van der Waals surface area contributed by atoms with Crippen LogP contribution < -0.4 is 22.0 Å². The molecule has 3 aliphatic rings. The monoisotopic (exact) mass is 711 g/mol. The largest absolute Gasteiger partial charge is 0.383 e. The normalized spacial score (nSPS) is 19.6. The van der Waals surface area contributed by atoms with Crippen LogP contribution in [0.1, 0.15) is 54.0 Å². The number of benzene rings is 2. The quantitative estimate of drug-likeness (QED) is 0.157. The van der Waals surface area contributed by atoms with E-state index in [9.17, 15) is 4.79 Å². The van der Waals surface area contributed by atoms with Crippen LogP contribution in [0.4, 0.5) is 16.3 Å². The zero-order valence-corrected chi connectivity index (χ0v) is 30.1. The maximum atomic E-state index is 12.5. The Hall–Kier alpha value is -4.03. The van der Waals surface area contributed by atoms with Crippen LogP contribution in [0.3, 0.4) is 0 Å². The van der Waals surface area contributed by atoms with E-state index in [0.717, 1.165) is 28.3 Å². The van der Waals surface area contributed by atoms with Crippen LogP contribution in [0.2, 0.25) is 16.1 Å². The fourth-order valence-electron chi connectivity index (χ4n) is 7.09. The topological polar surface area (TPSA) is 125 Å². The molecular formula is C37H44BCl2N9O. The first-order valence-corrected chi connectivity index (χ1v) is 18.0. The third-order valence-corrected chi connectivity index (χ3v) is 10.3. The third-order valence-electron chi connectivity index (χ3n) is 9.92. The van der Waals surface area contributed by atoms with Gasteiger partial charge in [0.1, 0.15) is 22.5 Å². The maximum absolute atomic E-state index is 12.5. The predicted octanol–water partition coefficient (Wildman–Crippen LogP) is 6.05. The first-order valence-electron chi connectivity index (χ1n) is 17.3. The summed E-state index contributed by atoms with van der Waals surface area (Å²) in [5, 5.41) is 6.23. The van der Waals surface area contributed by atoms with Gasteiger partial charge in [-0.25, -0.2) is 19.7 Å². The van der Waals surface area contributed by atoms with Crippen LogP contribution in [0.15, 0.2) is 78.0 Å². The molecule has 2 aromatic heterocycles. The number of carbonyl (C=O) groups is 1. The average molecular weight is 713 g/mol. The van der Waals surface area contributed by atoms with Crippen LogP contribution >= 0.6 is 23.2 Å². The van der Waals surface area contributed by atoms with Crippen molar-refractivity contribution in [3.05, 3.63) is 106 Å². The lowest BCUT2D eigenvalue weighted by Crippen LogP contribution is -2.50. The molecule has 1 aliphatic carbocycles. The summed E-state index contributed by atoms with van der Waals surface area (Å²) in [5.41, 5.74) is 11.8. The van der Waals surface area contributed by atoms with Crippen LogP contribution in [0.5, 0.6) is 0 Å². The van der Waals surface area contributed by atoms with Crippen molar-refractivity contribution in [2.24, 2.45) is 4.90 Å². The van der Waals surface area contributed by atoms with Crippen LogP contribution in [-0.4, -0.2) is 83.1 Å². The number of aryl methyl sites for hydroxylation is 1. The van der Waals surface area contributed by atoms with Crippen LogP contribution in [0.25, 0.3) is 0 Å². The van der Waals surface area contributed by atoms with E-state index in [-0.39, 0.29) is 29.2 Å². The second kappa shape index (κ2) is 16.8. The zero-order chi connectivity index (χ0) is 35.0. The molecule has 1 saturated heterocycles. The Labute approximate surface area is 305 Å². The molecule has 1 saturated carbocycles. The molecule has 13 heteroatoms. The third kappa shape index (κ3) is 9.40. The first kappa shape index (κ1) is 35.8. The number of nitrogens with zero attached hydrogens (tertiary/aromatic N) is 6.